The van der Waals surface area contributed by atoms with Gasteiger partial charge in [-0.1, -0.05) is 65.7 Å². The number of nitrogens with one attached hydrogen (secondary N) is 1. The predicted octanol–water partition coefficient (Wildman–Crippen LogP) is 4.42. The highest BCUT2D eigenvalue weighted by atomic mass is 35.5. The van der Waals surface area contributed by atoms with Gasteiger partial charge in [-0.15, -0.1) is 0 Å². The number of carbonyl (C=O) groups excluding carboxylic acids is 2. The summed E-state index contributed by atoms with van der Waals surface area (Å²) in [6.45, 7) is 0.630. The van der Waals surface area contributed by atoms with E-state index in [2.05, 4.69) is 5.32 Å². The number of carboxylic acid groups (broad SMARTS) is 1. The summed E-state index contributed by atoms with van der Waals surface area (Å²) < 4.78 is 23.7. The van der Waals surface area contributed by atoms with Gasteiger partial charge >= 0.3 is 5.97 Å². The van der Waals surface area contributed by atoms with Gasteiger partial charge in [0.1, 0.15) is 6.04 Å². The van der Waals surface area contributed by atoms with Gasteiger partial charge in [0.25, 0.3) is 5.91 Å². The number of nitrogens with zero attached hydrogens (tertiary/aromatic N) is 1. The van der Waals surface area contributed by atoms with E-state index in [1.54, 1.807) is 23.1 Å². The Morgan fingerprint density at radius 3 is 2.48 bits per heavy atom. The third-order valence-corrected chi connectivity index (χ3v) is 8.36. The average molecular weight is 602 g/mol. The minimum absolute atomic E-state index is 0.0265. The Hall–Kier alpha value is -3.66. The number of hydrogen-bond acceptors (Lipinski definition) is 5. The molecule has 0 bridgehead atoms. The number of fused-ring (bicyclic) bond motifs is 1. The molecule has 40 heavy (non-hydrogen) atoms. The molecule has 3 aromatic rings. The van der Waals surface area contributed by atoms with Crippen molar-refractivity contribution in [2.45, 2.75) is 30.3 Å². The molecule has 208 valence electrons. The molecule has 1 aliphatic heterocycles. The van der Waals surface area contributed by atoms with Crippen molar-refractivity contribution in [2.24, 2.45) is 0 Å². The Labute approximate surface area is 242 Å². The predicted molar refractivity (Wildman–Crippen MR) is 153 cm³/mol. The van der Waals surface area contributed by atoms with Crippen LogP contribution in [0.15, 0.2) is 71.6 Å². The summed E-state index contributed by atoms with van der Waals surface area (Å²) in [5, 5.41) is 12.3. The molecule has 2 N–H and O–H groups in total. The summed E-state index contributed by atoms with van der Waals surface area (Å²) in [6.07, 6.45) is 4.53. The Kier molecular flexibility index (Phi) is 8.98. The number of sulfone groups is 1. The second-order valence-corrected chi connectivity index (χ2v) is 12.2. The molecule has 0 fully saturated rings. The number of carbonyl (C=O) groups is 3. The van der Waals surface area contributed by atoms with Gasteiger partial charge in [-0.2, -0.15) is 0 Å². The minimum atomic E-state index is -3.49. The van der Waals surface area contributed by atoms with Crippen LogP contribution in [0.25, 0.3) is 6.08 Å². The summed E-state index contributed by atoms with van der Waals surface area (Å²) in [7, 11) is -3.49. The van der Waals surface area contributed by atoms with E-state index in [0.29, 0.717) is 29.7 Å². The van der Waals surface area contributed by atoms with E-state index in [1.807, 2.05) is 30.3 Å². The first-order valence-electron chi connectivity index (χ1n) is 12.3. The van der Waals surface area contributed by atoms with Crippen molar-refractivity contribution in [3.05, 3.63) is 105 Å². The highest BCUT2D eigenvalue weighted by molar-refractivity contribution is 7.90. The molecule has 4 rings (SSSR count). The fourth-order valence-electron chi connectivity index (χ4n) is 4.45. The molecule has 0 aliphatic carbocycles. The van der Waals surface area contributed by atoms with E-state index in [9.17, 15) is 27.9 Å². The Morgan fingerprint density at radius 2 is 1.80 bits per heavy atom. The average Bonchev–Trinajstić information content (AvgIpc) is 2.91. The van der Waals surface area contributed by atoms with Crippen LogP contribution in [0.4, 0.5) is 0 Å². The highest BCUT2D eigenvalue weighted by Gasteiger charge is 2.29. The molecule has 8 nitrogen and oxygen atoms in total. The van der Waals surface area contributed by atoms with E-state index >= 15 is 0 Å². The van der Waals surface area contributed by atoms with E-state index in [4.69, 9.17) is 23.2 Å². The van der Waals surface area contributed by atoms with Crippen molar-refractivity contribution in [3.63, 3.8) is 0 Å². The molecular weight excluding hydrogens is 575 g/mol. The van der Waals surface area contributed by atoms with E-state index in [1.165, 1.54) is 24.3 Å². The number of aliphatic carboxylic acids is 1. The van der Waals surface area contributed by atoms with E-state index in [-0.39, 0.29) is 39.4 Å². The molecule has 0 spiro atoms. The molecule has 0 unspecified atom stereocenters. The van der Waals surface area contributed by atoms with Crippen molar-refractivity contribution < 1.29 is 27.9 Å². The van der Waals surface area contributed by atoms with Crippen molar-refractivity contribution in [3.8, 4) is 0 Å². The van der Waals surface area contributed by atoms with Crippen LogP contribution in [0.1, 0.15) is 32.6 Å². The maximum Gasteiger partial charge on any atom is 0.326 e. The molecule has 11 heteroatoms. The fraction of sp³-hybridized carbons (Fsp3) is 0.207. The van der Waals surface area contributed by atoms with Crippen LogP contribution in [-0.2, 0) is 38.8 Å². The van der Waals surface area contributed by atoms with Crippen molar-refractivity contribution >= 4 is 56.9 Å². The van der Waals surface area contributed by atoms with Crippen LogP contribution in [0.3, 0.4) is 0 Å². The van der Waals surface area contributed by atoms with E-state index < -0.39 is 27.8 Å². The zero-order chi connectivity index (χ0) is 29.0. The third kappa shape index (κ3) is 6.91. The highest BCUT2D eigenvalue weighted by Crippen LogP contribution is 2.35. The van der Waals surface area contributed by atoms with Gasteiger partial charge in [0.05, 0.1) is 20.5 Å². The molecule has 1 atom stereocenters. The smallest absolute Gasteiger partial charge is 0.326 e. The second kappa shape index (κ2) is 12.2. The molecule has 1 aliphatic rings. The maximum absolute atomic E-state index is 13.2. The monoisotopic (exact) mass is 600 g/mol. The fourth-order valence-corrected chi connectivity index (χ4v) is 5.91. The van der Waals surface area contributed by atoms with E-state index in [0.717, 1.165) is 11.8 Å². The molecular formula is C29H26Cl2N2O6S. The number of benzene rings is 3. The quantitative estimate of drug-likeness (QED) is 0.369. The van der Waals surface area contributed by atoms with Gasteiger partial charge in [-0.3, -0.25) is 9.59 Å². The van der Waals surface area contributed by atoms with Crippen molar-refractivity contribution in [1.82, 2.24) is 10.2 Å². The molecule has 3 aromatic carbocycles. The Balaban J connectivity index is 1.51. The second-order valence-electron chi connectivity index (χ2n) is 9.43. The molecule has 0 aromatic heterocycles. The van der Waals surface area contributed by atoms with Crippen molar-refractivity contribution in [2.75, 3.05) is 12.8 Å². The van der Waals surface area contributed by atoms with Crippen LogP contribution < -0.4 is 5.32 Å². The molecule has 0 saturated carbocycles. The standard InChI is InChI=1S/C29H26Cl2N2O6S/c1-40(38,39)21-9-5-8-19(14-21)15-24(29(36)37)32-28(35)26-23(30)16-20-17-33(13-12-22(20)27(26)31)25(34)11-10-18-6-3-2-4-7-18/h2-11,14,16,24H,12-13,15,17H2,1H3,(H,32,35)(H,36,37)/b11-10+/t24-/m0/s1. The lowest BCUT2D eigenvalue weighted by atomic mass is 9.96. The van der Waals surface area contributed by atoms with Gasteiger partial charge in [0, 0.05) is 31.8 Å². The summed E-state index contributed by atoms with van der Waals surface area (Å²) in [5.41, 5.74) is 2.63. The number of hydrogen-bond donors (Lipinski definition) is 2. The zero-order valence-electron chi connectivity index (χ0n) is 21.4. The van der Waals surface area contributed by atoms with Gasteiger partial charge in [0.15, 0.2) is 9.84 Å². The van der Waals surface area contributed by atoms with Crippen LogP contribution in [0, 0.1) is 0 Å². The normalized spacial score (nSPS) is 14.0. The lowest BCUT2D eigenvalue weighted by Crippen LogP contribution is -2.42. The summed E-state index contributed by atoms with van der Waals surface area (Å²) in [4.78, 5) is 39.6. The summed E-state index contributed by atoms with van der Waals surface area (Å²) in [5.74, 6) is -2.25. The molecule has 1 heterocycles. The number of amides is 2. The zero-order valence-corrected chi connectivity index (χ0v) is 23.8. The molecule has 2 amide bonds. The Bertz CT molecular complexity index is 1610. The lowest BCUT2D eigenvalue weighted by molar-refractivity contribution is -0.139. The topological polar surface area (TPSA) is 121 Å². The minimum Gasteiger partial charge on any atom is -0.480 e. The molecule has 0 radical (unpaired) electrons. The number of rotatable bonds is 8. The first kappa shape index (κ1) is 29.3. The largest absolute Gasteiger partial charge is 0.480 e. The van der Waals surface area contributed by atoms with Crippen LogP contribution in [-0.4, -0.2) is 55.1 Å². The van der Waals surface area contributed by atoms with Gasteiger partial charge in [-0.25, -0.2) is 13.2 Å². The number of carboxylic acids is 1. The first-order chi connectivity index (χ1) is 18.9. The van der Waals surface area contributed by atoms with Crippen molar-refractivity contribution in [1.29, 1.82) is 0 Å². The van der Waals surface area contributed by atoms with Crippen LogP contribution in [0.5, 0.6) is 0 Å². The van der Waals surface area contributed by atoms with Gasteiger partial charge in [-0.05, 0) is 52.9 Å². The Morgan fingerprint density at radius 1 is 1.07 bits per heavy atom. The maximum atomic E-state index is 13.2. The molecule has 0 saturated heterocycles. The summed E-state index contributed by atoms with van der Waals surface area (Å²) >= 11 is 13.1. The lowest BCUT2D eigenvalue weighted by Gasteiger charge is -2.29. The van der Waals surface area contributed by atoms with Gasteiger partial charge < -0.3 is 15.3 Å². The first-order valence-corrected chi connectivity index (χ1v) is 14.9. The van der Waals surface area contributed by atoms with Gasteiger partial charge in [0.2, 0.25) is 5.91 Å². The summed E-state index contributed by atoms with van der Waals surface area (Å²) in [6, 6.07) is 15.5. The third-order valence-electron chi connectivity index (χ3n) is 6.53. The van der Waals surface area contributed by atoms with Crippen LogP contribution >= 0.6 is 23.2 Å². The number of halogens is 2. The SMILES string of the molecule is CS(=O)(=O)c1cccc(C[C@H](NC(=O)c2c(Cl)cc3c(c2Cl)CCN(C(=O)/C=C/c2ccccc2)C3)C(=O)O)c1. The van der Waals surface area contributed by atoms with Crippen LogP contribution in [0.2, 0.25) is 10.0 Å².